The number of aromatic nitrogens is 1. The van der Waals surface area contributed by atoms with Crippen LogP contribution in [-0.4, -0.2) is 11.6 Å². The Kier molecular flexibility index (Phi) is 6.31. The molecular formula is C23H25NO3. The Morgan fingerprint density at radius 1 is 1.07 bits per heavy atom. The predicted molar refractivity (Wildman–Crippen MR) is 108 cm³/mol. The first-order chi connectivity index (χ1) is 13.2. The van der Waals surface area contributed by atoms with Gasteiger partial charge in [-0.3, -0.25) is 0 Å². The van der Waals surface area contributed by atoms with Gasteiger partial charge in [0.1, 0.15) is 17.3 Å². The molecule has 0 amide bonds. The number of oxazole rings is 1. The number of nitrogens with zero attached hydrogens (tertiary/aromatic N) is 1. The van der Waals surface area contributed by atoms with Crippen molar-refractivity contribution in [3.63, 3.8) is 0 Å². The summed E-state index contributed by atoms with van der Waals surface area (Å²) in [6, 6.07) is 15.5. The summed E-state index contributed by atoms with van der Waals surface area (Å²) >= 11 is 0. The molecule has 27 heavy (non-hydrogen) atoms. The Morgan fingerprint density at radius 2 is 1.89 bits per heavy atom. The summed E-state index contributed by atoms with van der Waals surface area (Å²) in [4.78, 5) is 4.31. The summed E-state index contributed by atoms with van der Waals surface area (Å²) in [5.41, 5.74) is 2.67. The maximum atomic E-state index is 5.98. The molecule has 0 N–H and O–H groups in total. The number of hydrogen-bond acceptors (Lipinski definition) is 4. The van der Waals surface area contributed by atoms with Crippen molar-refractivity contribution in [3.05, 3.63) is 72.8 Å². The molecule has 3 rings (SSSR count). The molecule has 140 valence electrons. The fraction of sp³-hybridized carbons (Fsp3) is 0.261. The molecule has 4 nitrogen and oxygen atoms in total. The van der Waals surface area contributed by atoms with Gasteiger partial charge in [0, 0.05) is 11.1 Å². The van der Waals surface area contributed by atoms with Crippen molar-refractivity contribution in [1.29, 1.82) is 0 Å². The summed E-state index contributed by atoms with van der Waals surface area (Å²) in [6.07, 6.45) is 4.32. The third-order valence-corrected chi connectivity index (χ3v) is 4.27. The number of rotatable bonds is 9. The van der Waals surface area contributed by atoms with Gasteiger partial charge < -0.3 is 13.9 Å². The molecule has 0 aliphatic carbocycles. The molecule has 0 bridgehead atoms. The lowest BCUT2D eigenvalue weighted by Gasteiger charge is -2.15. The zero-order valence-electron chi connectivity index (χ0n) is 15.9. The zero-order valence-corrected chi connectivity index (χ0v) is 15.9. The van der Waals surface area contributed by atoms with Crippen molar-refractivity contribution in [2.24, 2.45) is 0 Å². The summed E-state index contributed by atoms with van der Waals surface area (Å²) in [5.74, 6) is 2.86. The topological polar surface area (TPSA) is 44.5 Å². The van der Waals surface area contributed by atoms with Crippen LogP contribution in [0.4, 0.5) is 0 Å². The van der Waals surface area contributed by atoms with E-state index >= 15 is 0 Å². The van der Waals surface area contributed by atoms with Gasteiger partial charge in [-0.15, -0.1) is 0 Å². The summed E-state index contributed by atoms with van der Waals surface area (Å²) in [6.45, 7) is 8.95. The largest absolute Gasteiger partial charge is 0.494 e. The van der Waals surface area contributed by atoms with E-state index in [0.717, 1.165) is 53.3 Å². The van der Waals surface area contributed by atoms with Crippen molar-refractivity contribution < 1.29 is 13.9 Å². The van der Waals surface area contributed by atoms with Crippen molar-refractivity contribution in [2.75, 3.05) is 6.61 Å². The summed E-state index contributed by atoms with van der Waals surface area (Å²) in [7, 11) is 0. The van der Waals surface area contributed by atoms with Crippen LogP contribution < -0.4 is 4.74 Å². The lowest BCUT2D eigenvalue weighted by atomic mass is 10.0. The van der Waals surface area contributed by atoms with Crippen LogP contribution in [0.5, 0.6) is 11.5 Å². The van der Waals surface area contributed by atoms with Crippen LogP contribution in [0.25, 0.3) is 17.1 Å². The fourth-order valence-corrected chi connectivity index (χ4v) is 2.80. The highest BCUT2D eigenvalue weighted by Gasteiger charge is 2.17. The van der Waals surface area contributed by atoms with E-state index in [-0.39, 0.29) is 0 Å². The zero-order chi connectivity index (χ0) is 19.1. The molecule has 3 aromatic rings. The second-order valence-electron chi connectivity index (χ2n) is 6.23. The number of benzene rings is 2. The van der Waals surface area contributed by atoms with Crippen LogP contribution in [0.15, 0.2) is 65.9 Å². The van der Waals surface area contributed by atoms with Gasteiger partial charge in [-0.1, -0.05) is 45.0 Å². The smallest absolute Gasteiger partial charge is 0.181 e. The molecule has 4 heteroatoms. The number of para-hydroxylation sites is 1. The Morgan fingerprint density at radius 3 is 2.63 bits per heavy atom. The highest BCUT2D eigenvalue weighted by molar-refractivity contribution is 5.77. The lowest BCUT2D eigenvalue weighted by molar-refractivity contribution is 0.271. The average molecular weight is 363 g/mol. The molecule has 0 aliphatic rings. The SMILES string of the molecule is C=C(OCCCC)c1cc(Oc2ccccc2)ccc1-c1ocnc1CC. The quantitative estimate of drug-likeness (QED) is 0.322. The molecule has 0 fully saturated rings. The maximum absolute atomic E-state index is 5.98. The minimum Gasteiger partial charge on any atom is -0.494 e. The minimum atomic E-state index is 0.607. The first-order valence-electron chi connectivity index (χ1n) is 9.34. The Balaban J connectivity index is 1.96. The fourth-order valence-electron chi connectivity index (χ4n) is 2.80. The van der Waals surface area contributed by atoms with Crippen LogP contribution in [0.3, 0.4) is 0 Å². The van der Waals surface area contributed by atoms with Crippen molar-refractivity contribution in [3.8, 4) is 22.8 Å². The van der Waals surface area contributed by atoms with Crippen molar-refractivity contribution >= 4 is 5.76 Å². The molecule has 1 heterocycles. The third-order valence-electron chi connectivity index (χ3n) is 4.27. The molecule has 0 saturated heterocycles. The van der Waals surface area contributed by atoms with Crippen molar-refractivity contribution in [1.82, 2.24) is 4.98 Å². The van der Waals surface area contributed by atoms with E-state index in [1.54, 1.807) is 0 Å². The van der Waals surface area contributed by atoms with Crippen LogP contribution >= 0.6 is 0 Å². The normalized spacial score (nSPS) is 10.6. The second kappa shape index (κ2) is 9.08. The number of hydrogen-bond donors (Lipinski definition) is 0. The number of aryl methyl sites for hydroxylation is 1. The van der Waals surface area contributed by atoms with Crippen LogP contribution in [0, 0.1) is 0 Å². The molecule has 0 spiro atoms. The van der Waals surface area contributed by atoms with Gasteiger partial charge in [-0.05, 0) is 43.2 Å². The van der Waals surface area contributed by atoms with Gasteiger partial charge in [0.25, 0.3) is 0 Å². The van der Waals surface area contributed by atoms with Crippen molar-refractivity contribution in [2.45, 2.75) is 33.1 Å². The molecule has 0 saturated carbocycles. The van der Waals surface area contributed by atoms with E-state index in [1.165, 1.54) is 6.39 Å². The average Bonchev–Trinajstić information content (AvgIpc) is 3.17. The van der Waals surface area contributed by atoms with Gasteiger partial charge >= 0.3 is 0 Å². The summed E-state index contributed by atoms with van der Waals surface area (Å²) in [5, 5.41) is 0. The van der Waals surface area contributed by atoms with Gasteiger partial charge in [0.2, 0.25) is 0 Å². The first-order valence-corrected chi connectivity index (χ1v) is 9.34. The number of ether oxygens (including phenoxy) is 2. The molecule has 2 aromatic carbocycles. The highest BCUT2D eigenvalue weighted by Crippen LogP contribution is 2.35. The van der Waals surface area contributed by atoms with E-state index in [1.807, 2.05) is 48.5 Å². The first kappa shape index (κ1) is 18.8. The molecule has 0 aliphatic heterocycles. The number of unbranched alkanes of at least 4 members (excludes halogenated alkanes) is 1. The monoisotopic (exact) mass is 363 g/mol. The van der Waals surface area contributed by atoms with Gasteiger partial charge in [-0.2, -0.15) is 0 Å². The molecule has 0 atom stereocenters. The van der Waals surface area contributed by atoms with Gasteiger partial charge in [0.15, 0.2) is 12.2 Å². The van der Waals surface area contributed by atoms with Crippen LogP contribution in [0.1, 0.15) is 37.9 Å². The van der Waals surface area contributed by atoms with E-state index in [2.05, 4.69) is 25.4 Å². The van der Waals surface area contributed by atoms with E-state index in [9.17, 15) is 0 Å². The lowest BCUT2D eigenvalue weighted by Crippen LogP contribution is -1.98. The van der Waals surface area contributed by atoms with E-state index in [4.69, 9.17) is 13.9 Å². The van der Waals surface area contributed by atoms with E-state index < -0.39 is 0 Å². The summed E-state index contributed by atoms with van der Waals surface area (Å²) < 4.78 is 17.5. The van der Waals surface area contributed by atoms with Gasteiger partial charge in [-0.25, -0.2) is 4.98 Å². The standard InChI is InChI=1S/C23H25NO3/c1-4-6-14-25-17(3)21-15-19(27-18-10-8-7-9-11-18)12-13-20(21)23-22(5-2)24-16-26-23/h7-13,15-16H,3-6,14H2,1-2H3. The second-order valence-corrected chi connectivity index (χ2v) is 6.23. The molecular weight excluding hydrogens is 338 g/mol. The minimum absolute atomic E-state index is 0.607. The maximum Gasteiger partial charge on any atom is 0.181 e. The Labute approximate surface area is 160 Å². The molecule has 0 unspecified atom stereocenters. The highest BCUT2D eigenvalue weighted by atomic mass is 16.5. The van der Waals surface area contributed by atoms with E-state index in [0.29, 0.717) is 12.4 Å². The predicted octanol–water partition coefficient (Wildman–Crippen LogP) is 6.48. The van der Waals surface area contributed by atoms with Crippen LogP contribution in [0.2, 0.25) is 0 Å². The molecule has 1 aromatic heterocycles. The van der Waals surface area contributed by atoms with Crippen LogP contribution in [-0.2, 0) is 11.2 Å². The third kappa shape index (κ3) is 4.59. The van der Waals surface area contributed by atoms with Gasteiger partial charge in [0.05, 0.1) is 12.3 Å². The Bertz CT molecular complexity index is 884. The molecule has 0 radical (unpaired) electrons. The Hall–Kier alpha value is -3.01.